The number of amides is 2. The van der Waals surface area contributed by atoms with Crippen molar-refractivity contribution in [2.75, 3.05) is 5.32 Å². The fraction of sp³-hybridized carbons (Fsp3) is 0.0625. The lowest BCUT2D eigenvalue weighted by Crippen LogP contribution is -2.32. The molecule has 0 heterocycles. The zero-order chi connectivity index (χ0) is 15.9. The molecule has 0 unspecified atom stereocenters. The quantitative estimate of drug-likeness (QED) is 0.356. The van der Waals surface area contributed by atoms with Crippen LogP contribution in [0.3, 0.4) is 0 Å². The van der Waals surface area contributed by atoms with Crippen LogP contribution in [0.5, 0.6) is 0 Å². The number of carbonyl (C=O) groups excluding carboxylic acids is 2. The van der Waals surface area contributed by atoms with E-state index in [-0.39, 0.29) is 0 Å². The SMILES string of the molecule is Cc1cccc(NC(=O)C(=O)NN=Cc2ccccc2I)c1. The maximum absolute atomic E-state index is 11.7. The number of benzene rings is 2. The van der Waals surface area contributed by atoms with Gasteiger partial charge in [0.15, 0.2) is 0 Å². The van der Waals surface area contributed by atoms with E-state index in [2.05, 4.69) is 38.4 Å². The van der Waals surface area contributed by atoms with Gasteiger partial charge in [-0.15, -0.1) is 0 Å². The van der Waals surface area contributed by atoms with Crippen LogP contribution < -0.4 is 10.7 Å². The third kappa shape index (κ3) is 4.66. The lowest BCUT2D eigenvalue weighted by molar-refractivity contribution is -0.136. The van der Waals surface area contributed by atoms with Crippen molar-refractivity contribution in [2.24, 2.45) is 5.10 Å². The second-order valence-corrected chi connectivity index (χ2v) is 5.71. The number of carbonyl (C=O) groups is 2. The van der Waals surface area contributed by atoms with Crippen LogP contribution in [0.4, 0.5) is 5.69 Å². The Morgan fingerprint density at radius 3 is 2.59 bits per heavy atom. The van der Waals surface area contributed by atoms with Crippen LogP contribution in [-0.2, 0) is 9.59 Å². The topological polar surface area (TPSA) is 70.6 Å². The molecule has 2 aromatic rings. The largest absolute Gasteiger partial charge is 0.329 e. The summed E-state index contributed by atoms with van der Waals surface area (Å²) in [5.74, 6) is -1.57. The molecule has 2 N–H and O–H groups in total. The number of aryl methyl sites for hydroxylation is 1. The highest BCUT2D eigenvalue weighted by atomic mass is 127. The molecule has 0 spiro atoms. The highest BCUT2D eigenvalue weighted by molar-refractivity contribution is 14.1. The number of nitrogens with zero attached hydrogens (tertiary/aromatic N) is 1. The second-order valence-electron chi connectivity index (χ2n) is 4.54. The molecule has 0 aliphatic heterocycles. The third-order valence-corrected chi connectivity index (χ3v) is 3.74. The molecule has 6 heteroatoms. The Labute approximate surface area is 141 Å². The van der Waals surface area contributed by atoms with E-state index >= 15 is 0 Å². The molecule has 112 valence electrons. The number of hydrogen-bond donors (Lipinski definition) is 2. The lowest BCUT2D eigenvalue weighted by atomic mass is 10.2. The van der Waals surface area contributed by atoms with Gasteiger partial charge in [0.05, 0.1) is 6.21 Å². The Morgan fingerprint density at radius 1 is 1.09 bits per heavy atom. The normalized spacial score (nSPS) is 10.5. The van der Waals surface area contributed by atoms with E-state index < -0.39 is 11.8 Å². The number of hydrazone groups is 1. The zero-order valence-corrected chi connectivity index (χ0v) is 14.0. The predicted molar refractivity (Wildman–Crippen MR) is 94.7 cm³/mol. The van der Waals surface area contributed by atoms with Gasteiger partial charge in [0.25, 0.3) is 0 Å². The molecule has 5 nitrogen and oxygen atoms in total. The van der Waals surface area contributed by atoms with E-state index in [0.29, 0.717) is 5.69 Å². The summed E-state index contributed by atoms with van der Waals surface area (Å²) < 4.78 is 1.00. The van der Waals surface area contributed by atoms with Gasteiger partial charge >= 0.3 is 11.8 Å². The number of anilines is 1. The molecule has 0 aliphatic carbocycles. The highest BCUT2D eigenvalue weighted by Gasteiger charge is 2.12. The molecule has 0 saturated carbocycles. The van der Waals surface area contributed by atoms with Crippen molar-refractivity contribution in [1.82, 2.24) is 5.43 Å². The maximum Gasteiger partial charge on any atom is 0.329 e. The molecule has 0 radical (unpaired) electrons. The summed E-state index contributed by atoms with van der Waals surface area (Å²) in [5.41, 5.74) is 4.64. The van der Waals surface area contributed by atoms with Crippen LogP contribution in [0, 0.1) is 10.5 Å². The van der Waals surface area contributed by atoms with Crippen LogP contribution in [0.1, 0.15) is 11.1 Å². The number of hydrogen-bond acceptors (Lipinski definition) is 3. The van der Waals surface area contributed by atoms with Crippen molar-refractivity contribution in [1.29, 1.82) is 0 Å². The van der Waals surface area contributed by atoms with E-state index in [4.69, 9.17) is 0 Å². The Morgan fingerprint density at radius 2 is 1.86 bits per heavy atom. The summed E-state index contributed by atoms with van der Waals surface area (Å²) in [6.07, 6.45) is 1.50. The monoisotopic (exact) mass is 407 g/mol. The van der Waals surface area contributed by atoms with Gasteiger partial charge in [-0.3, -0.25) is 9.59 Å². The van der Waals surface area contributed by atoms with Gasteiger partial charge < -0.3 is 5.32 Å². The van der Waals surface area contributed by atoms with Crippen LogP contribution in [0.25, 0.3) is 0 Å². The minimum atomic E-state index is -0.816. The minimum absolute atomic E-state index is 0.571. The fourth-order valence-electron chi connectivity index (χ4n) is 1.70. The van der Waals surface area contributed by atoms with Crippen LogP contribution in [-0.4, -0.2) is 18.0 Å². The smallest absolute Gasteiger partial charge is 0.318 e. The summed E-state index contributed by atoms with van der Waals surface area (Å²) in [6.45, 7) is 1.90. The first-order valence-corrected chi connectivity index (χ1v) is 7.60. The summed E-state index contributed by atoms with van der Waals surface area (Å²) in [5, 5.41) is 6.31. The van der Waals surface area contributed by atoms with Crippen molar-refractivity contribution in [2.45, 2.75) is 6.92 Å². The Bertz CT molecular complexity index is 729. The molecular formula is C16H14IN3O2. The maximum atomic E-state index is 11.7. The number of halogens is 1. The summed E-state index contributed by atoms with van der Waals surface area (Å²) in [7, 11) is 0. The van der Waals surface area contributed by atoms with E-state index in [1.54, 1.807) is 18.2 Å². The van der Waals surface area contributed by atoms with Gasteiger partial charge in [0.1, 0.15) is 0 Å². The van der Waals surface area contributed by atoms with Crippen molar-refractivity contribution in [3.63, 3.8) is 0 Å². The molecule has 2 amide bonds. The molecule has 0 aromatic heterocycles. The number of nitrogens with one attached hydrogen (secondary N) is 2. The average molecular weight is 407 g/mol. The lowest BCUT2D eigenvalue weighted by Gasteiger charge is -2.04. The first kappa shape index (κ1) is 16.2. The Balaban J connectivity index is 1.92. The molecule has 0 saturated heterocycles. The average Bonchev–Trinajstić information content (AvgIpc) is 2.49. The second kappa shape index (κ2) is 7.69. The fourth-order valence-corrected chi connectivity index (χ4v) is 2.23. The van der Waals surface area contributed by atoms with E-state index in [9.17, 15) is 9.59 Å². The summed E-state index contributed by atoms with van der Waals surface area (Å²) in [6, 6.07) is 14.8. The summed E-state index contributed by atoms with van der Waals surface area (Å²) in [4.78, 5) is 23.4. The van der Waals surface area contributed by atoms with Gasteiger partial charge in [-0.1, -0.05) is 30.3 Å². The standard InChI is InChI=1S/C16H14IN3O2/c1-11-5-4-7-13(9-11)19-15(21)16(22)20-18-10-12-6-2-3-8-14(12)17/h2-10H,1H3,(H,19,21)(H,20,22). The van der Waals surface area contributed by atoms with Crippen LogP contribution in [0.2, 0.25) is 0 Å². The van der Waals surface area contributed by atoms with Gasteiger partial charge in [-0.25, -0.2) is 5.43 Å². The molecule has 0 bridgehead atoms. The molecule has 22 heavy (non-hydrogen) atoms. The molecule has 0 fully saturated rings. The molecular weight excluding hydrogens is 393 g/mol. The van der Waals surface area contributed by atoms with E-state index in [1.807, 2.05) is 37.3 Å². The Hall–Kier alpha value is -2.22. The zero-order valence-electron chi connectivity index (χ0n) is 11.8. The molecule has 0 atom stereocenters. The van der Waals surface area contributed by atoms with Crippen LogP contribution in [0.15, 0.2) is 53.6 Å². The Kier molecular flexibility index (Phi) is 5.65. The third-order valence-electron chi connectivity index (χ3n) is 2.76. The predicted octanol–water partition coefficient (Wildman–Crippen LogP) is 2.69. The minimum Gasteiger partial charge on any atom is -0.318 e. The molecule has 2 rings (SSSR count). The van der Waals surface area contributed by atoms with Gasteiger partial charge in [-0.05, 0) is 53.3 Å². The van der Waals surface area contributed by atoms with Crippen molar-refractivity contribution < 1.29 is 9.59 Å². The highest BCUT2D eigenvalue weighted by Crippen LogP contribution is 2.09. The van der Waals surface area contributed by atoms with E-state index in [1.165, 1.54) is 6.21 Å². The van der Waals surface area contributed by atoms with Crippen molar-refractivity contribution >= 4 is 46.3 Å². The number of rotatable bonds is 3. The molecule has 0 aliphatic rings. The van der Waals surface area contributed by atoms with Crippen molar-refractivity contribution in [3.05, 3.63) is 63.2 Å². The van der Waals surface area contributed by atoms with Gasteiger partial charge in [0, 0.05) is 14.8 Å². The van der Waals surface area contributed by atoms with E-state index in [0.717, 1.165) is 14.7 Å². The summed E-state index contributed by atoms with van der Waals surface area (Å²) >= 11 is 2.17. The first-order chi connectivity index (χ1) is 10.6. The molecule has 2 aromatic carbocycles. The van der Waals surface area contributed by atoms with Gasteiger partial charge in [0.2, 0.25) is 0 Å². The van der Waals surface area contributed by atoms with Gasteiger partial charge in [-0.2, -0.15) is 5.10 Å². The van der Waals surface area contributed by atoms with Crippen molar-refractivity contribution in [3.8, 4) is 0 Å². The van der Waals surface area contributed by atoms with Crippen LogP contribution >= 0.6 is 22.6 Å². The first-order valence-electron chi connectivity index (χ1n) is 6.52.